The van der Waals surface area contributed by atoms with E-state index in [1.165, 1.54) is 6.42 Å². The lowest BCUT2D eigenvalue weighted by atomic mass is 9.98. The Morgan fingerprint density at radius 2 is 1.89 bits per heavy atom. The molecule has 1 fully saturated rings. The molecule has 2 rings (SSSR count). The van der Waals surface area contributed by atoms with Crippen LogP contribution >= 0.6 is 0 Å². The topological polar surface area (TPSA) is 77.7 Å². The second-order valence-electron chi connectivity index (χ2n) is 7.28. The number of esters is 1. The van der Waals surface area contributed by atoms with Crippen molar-refractivity contribution in [3.8, 4) is 5.88 Å². The third-order valence-corrected chi connectivity index (χ3v) is 4.78. The van der Waals surface area contributed by atoms with E-state index in [2.05, 4.69) is 23.7 Å². The number of hydrogen-bond donors (Lipinski definition) is 1. The van der Waals surface area contributed by atoms with Crippen LogP contribution in [0.1, 0.15) is 71.6 Å². The molecular formula is C21H35N3O3. The molecule has 0 radical (unpaired) electrons. The molecule has 1 aliphatic rings. The summed E-state index contributed by atoms with van der Waals surface area (Å²) in [7, 11) is 0. The van der Waals surface area contributed by atoms with Gasteiger partial charge < -0.3 is 20.1 Å². The van der Waals surface area contributed by atoms with Gasteiger partial charge in [-0.3, -0.25) is 4.79 Å². The summed E-state index contributed by atoms with van der Waals surface area (Å²) in [5, 5.41) is 0. The van der Waals surface area contributed by atoms with Gasteiger partial charge in [0, 0.05) is 37.3 Å². The van der Waals surface area contributed by atoms with Crippen LogP contribution in [0.5, 0.6) is 5.88 Å². The SMILES string of the molecule is CCCN(CCC)c1cc(N)nc(OCCCC(=O)OC2CCCCC2)c1. The summed E-state index contributed by atoms with van der Waals surface area (Å²) in [5.41, 5.74) is 6.99. The van der Waals surface area contributed by atoms with Crippen molar-refractivity contribution in [1.29, 1.82) is 0 Å². The first-order valence-corrected chi connectivity index (χ1v) is 10.5. The van der Waals surface area contributed by atoms with Crippen molar-refractivity contribution in [3.05, 3.63) is 12.1 Å². The fourth-order valence-electron chi connectivity index (χ4n) is 3.50. The summed E-state index contributed by atoms with van der Waals surface area (Å²) in [4.78, 5) is 18.5. The number of anilines is 2. The van der Waals surface area contributed by atoms with E-state index in [4.69, 9.17) is 15.2 Å². The molecule has 0 aliphatic heterocycles. The predicted octanol–water partition coefficient (Wildman–Crippen LogP) is 4.33. The lowest BCUT2D eigenvalue weighted by Gasteiger charge is -2.24. The highest BCUT2D eigenvalue weighted by atomic mass is 16.5. The van der Waals surface area contributed by atoms with Gasteiger partial charge in [-0.2, -0.15) is 4.98 Å². The van der Waals surface area contributed by atoms with Crippen molar-refractivity contribution in [2.24, 2.45) is 0 Å². The van der Waals surface area contributed by atoms with Crippen LogP contribution in [0.25, 0.3) is 0 Å². The predicted molar refractivity (Wildman–Crippen MR) is 109 cm³/mol. The summed E-state index contributed by atoms with van der Waals surface area (Å²) >= 11 is 0. The van der Waals surface area contributed by atoms with Gasteiger partial charge in [0.2, 0.25) is 5.88 Å². The minimum atomic E-state index is -0.121. The average molecular weight is 378 g/mol. The average Bonchev–Trinajstić information content (AvgIpc) is 2.65. The Morgan fingerprint density at radius 1 is 1.19 bits per heavy atom. The molecule has 0 unspecified atom stereocenters. The first kappa shape index (κ1) is 21.3. The summed E-state index contributed by atoms with van der Waals surface area (Å²) in [5.74, 6) is 0.850. The molecule has 0 atom stereocenters. The Bertz CT molecular complexity index is 568. The highest BCUT2D eigenvalue weighted by Crippen LogP contribution is 2.24. The van der Waals surface area contributed by atoms with Crippen LogP contribution in [0.4, 0.5) is 11.5 Å². The molecule has 0 spiro atoms. The molecule has 152 valence electrons. The van der Waals surface area contributed by atoms with Gasteiger partial charge in [-0.25, -0.2) is 0 Å². The zero-order valence-corrected chi connectivity index (χ0v) is 16.9. The quantitative estimate of drug-likeness (QED) is 0.457. The maximum Gasteiger partial charge on any atom is 0.306 e. The number of nitrogen functional groups attached to an aromatic ring is 1. The molecule has 1 aromatic rings. The van der Waals surface area contributed by atoms with Gasteiger partial charge in [0.05, 0.1) is 6.61 Å². The fraction of sp³-hybridized carbons (Fsp3) is 0.714. The smallest absolute Gasteiger partial charge is 0.306 e. The van der Waals surface area contributed by atoms with Crippen molar-refractivity contribution < 1.29 is 14.3 Å². The molecule has 0 amide bonds. The van der Waals surface area contributed by atoms with E-state index in [0.29, 0.717) is 31.1 Å². The third kappa shape index (κ3) is 7.65. The number of nitrogens with zero attached hydrogens (tertiary/aromatic N) is 2. The maximum absolute atomic E-state index is 11.9. The van der Waals surface area contributed by atoms with Crippen LogP contribution < -0.4 is 15.4 Å². The molecule has 1 aliphatic carbocycles. The Morgan fingerprint density at radius 3 is 2.56 bits per heavy atom. The van der Waals surface area contributed by atoms with Crippen LogP contribution in [0.2, 0.25) is 0 Å². The van der Waals surface area contributed by atoms with E-state index < -0.39 is 0 Å². The van der Waals surface area contributed by atoms with Crippen molar-refractivity contribution in [2.45, 2.75) is 77.7 Å². The Labute approximate surface area is 163 Å². The van der Waals surface area contributed by atoms with Crippen LogP contribution in [0.15, 0.2) is 12.1 Å². The Hall–Kier alpha value is -1.98. The normalized spacial score (nSPS) is 14.7. The van der Waals surface area contributed by atoms with E-state index >= 15 is 0 Å². The lowest BCUT2D eigenvalue weighted by Crippen LogP contribution is -2.25. The summed E-state index contributed by atoms with van der Waals surface area (Å²) in [6.45, 7) is 6.71. The molecule has 0 saturated heterocycles. The highest BCUT2D eigenvalue weighted by Gasteiger charge is 2.17. The van der Waals surface area contributed by atoms with Crippen LogP contribution in [-0.4, -0.2) is 36.8 Å². The molecular weight excluding hydrogens is 342 g/mol. The number of ether oxygens (including phenoxy) is 2. The Balaban J connectivity index is 1.78. The Kier molecular flexibility index (Phi) is 9.22. The van der Waals surface area contributed by atoms with Crippen LogP contribution in [0.3, 0.4) is 0 Å². The number of aromatic nitrogens is 1. The number of hydrogen-bond acceptors (Lipinski definition) is 6. The zero-order chi connectivity index (χ0) is 19.5. The second kappa shape index (κ2) is 11.7. The number of carbonyl (C=O) groups is 1. The van der Waals surface area contributed by atoms with E-state index in [1.807, 2.05) is 12.1 Å². The van der Waals surface area contributed by atoms with E-state index in [0.717, 1.165) is 57.3 Å². The van der Waals surface area contributed by atoms with Crippen molar-refractivity contribution in [3.63, 3.8) is 0 Å². The first-order valence-electron chi connectivity index (χ1n) is 10.5. The van der Waals surface area contributed by atoms with Gasteiger partial charge in [-0.15, -0.1) is 0 Å². The van der Waals surface area contributed by atoms with Gasteiger partial charge in [0.25, 0.3) is 0 Å². The fourth-order valence-corrected chi connectivity index (χ4v) is 3.50. The molecule has 6 nitrogen and oxygen atoms in total. The van der Waals surface area contributed by atoms with Crippen LogP contribution in [-0.2, 0) is 9.53 Å². The monoisotopic (exact) mass is 377 g/mol. The summed E-state index contributed by atoms with van der Waals surface area (Å²) in [6.07, 6.45) is 8.85. The van der Waals surface area contributed by atoms with Crippen molar-refractivity contribution >= 4 is 17.5 Å². The summed E-state index contributed by atoms with van der Waals surface area (Å²) < 4.78 is 11.3. The minimum Gasteiger partial charge on any atom is -0.478 e. The number of carbonyl (C=O) groups excluding carboxylic acids is 1. The highest BCUT2D eigenvalue weighted by molar-refractivity contribution is 5.69. The zero-order valence-electron chi connectivity index (χ0n) is 16.9. The first-order chi connectivity index (χ1) is 13.1. The summed E-state index contributed by atoms with van der Waals surface area (Å²) in [6, 6.07) is 3.82. The van der Waals surface area contributed by atoms with Crippen molar-refractivity contribution in [2.75, 3.05) is 30.3 Å². The van der Waals surface area contributed by atoms with E-state index in [-0.39, 0.29) is 12.1 Å². The molecule has 6 heteroatoms. The van der Waals surface area contributed by atoms with Crippen LogP contribution in [0, 0.1) is 0 Å². The largest absolute Gasteiger partial charge is 0.478 e. The van der Waals surface area contributed by atoms with Gasteiger partial charge in [0.15, 0.2) is 0 Å². The molecule has 0 aromatic carbocycles. The van der Waals surface area contributed by atoms with Crippen molar-refractivity contribution in [1.82, 2.24) is 4.98 Å². The minimum absolute atomic E-state index is 0.119. The van der Waals surface area contributed by atoms with Gasteiger partial charge in [-0.1, -0.05) is 20.3 Å². The number of rotatable bonds is 11. The molecule has 1 heterocycles. The number of nitrogens with two attached hydrogens (primary N) is 1. The van der Waals surface area contributed by atoms with Gasteiger partial charge >= 0.3 is 5.97 Å². The van der Waals surface area contributed by atoms with Gasteiger partial charge in [0.1, 0.15) is 11.9 Å². The third-order valence-electron chi connectivity index (χ3n) is 4.78. The molecule has 1 aromatic heterocycles. The molecule has 2 N–H and O–H groups in total. The number of pyridine rings is 1. The molecule has 1 saturated carbocycles. The van der Waals surface area contributed by atoms with E-state index in [1.54, 1.807) is 0 Å². The van der Waals surface area contributed by atoms with Gasteiger partial charge in [-0.05, 0) is 44.9 Å². The lowest BCUT2D eigenvalue weighted by molar-refractivity contribution is -0.150. The molecule has 27 heavy (non-hydrogen) atoms. The second-order valence-corrected chi connectivity index (χ2v) is 7.28. The maximum atomic E-state index is 11.9. The standard InChI is InChI=1S/C21H35N3O3/c1-3-12-24(13-4-2)17-15-19(22)23-20(16-17)26-14-8-11-21(25)27-18-9-6-5-7-10-18/h15-16,18H,3-14H2,1-2H3,(H2,22,23). The molecule has 0 bridgehead atoms. The van der Waals surface area contributed by atoms with E-state index in [9.17, 15) is 4.79 Å².